The zero-order chi connectivity index (χ0) is 13.8. The predicted molar refractivity (Wildman–Crippen MR) is 78.6 cm³/mol. The van der Waals surface area contributed by atoms with Gasteiger partial charge in [0.1, 0.15) is 0 Å². The van der Waals surface area contributed by atoms with Crippen molar-refractivity contribution >= 4 is 10.8 Å². The molecule has 0 saturated heterocycles. The Hall–Kier alpha value is -1.39. The fraction of sp³-hybridized carbons (Fsp3) is 0.111. The fourth-order valence-electron chi connectivity index (χ4n) is 2.36. The second-order valence-electron chi connectivity index (χ2n) is 4.61. The van der Waals surface area contributed by atoms with Crippen molar-refractivity contribution in [3.63, 3.8) is 0 Å². The lowest BCUT2D eigenvalue weighted by Crippen LogP contribution is -3.61. The molecule has 0 heterocycles. The monoisotopic (exact) mass is 375 g/mol. The lowest BCUT2D eigenvalue weighted by molar-refractivity contribution is -0.598. The molecule has 0 aliphatic carbocycles. The summed E-state index contributed by atoms with van der Waals surface area (Å²) >= 11 is -0.191. The Morgan fingerprint density at radius 3 is 2.35 bits per heavy atom. The topological polar surface area (TPSA) is 20.2 Å². The summed E-state index contributed by atoms with van der Waals surface area (Å²) in [7, 11) is 0. The standard InChI is InChI=1S/C18H16IO/c20-13-12-17-16-9-5-4-6-14(16)10-11-18(17)19-15-7-2-1-3-8-15/h1-11,20H,12-13H2/q+1. The highest BCUT2D eigenvalue weighted by atomic mass is 127. The van der Waals surface area contributed by atoms with Crippen LogP contribution in [0.25, 0.3) is 10.8 Å². The zero-order valence-electron chi connectivity index (χ0n) is 11.1. The Balaban J connectivity index is 2.08. The van der Waals surface area contributed by atoms with Gasteiger partial charge in [-0.3, -0.25) is 0 Å². The quantitative estimate of drug-likeness (QED) is 0.659. The van der Waals surface area contributed by atoms with E-state index < -0.39 is 0 Å². The van der Waals surface area contributed by atoms with E-state index in [2.05, 4.69) is 66.7 Å². The van der Waals surface area contributed by atoms with Crippen LogP contribution < -0.4 is 21.2 Å². The molecule has 3 rings (SSSR count). The van der Waals surface area contributed by atoms with E-state index in [9.17, 15) is 5.11 Å². The van der Waals surface area contributed by atoms with Gasteiger partial charge < -0.3 is 5.11 Å². The molecule has 0 fully saturated rings. The van der Waals surface area contributed by atoms with Crippen LogP contribution in [0.1, 0.15) is 5.56 Å². The van der Waals surface area contributed by atoms with E-state index in [4.69, 9.17) is 0 Å². The Labute approximate surface area is 129 Å². The molecule has 2 heteroatoms. The molecule has 0 atom stereocenters. The number of aliphatic hydroxyl groups is 1. The minimum atomic E-state index is -0.191. The van der Waals surface area contributed by atoms with Crippen molar-refractivity contribution in [3.05, 3.63) is 79.4 Å². The van der Waals surface area contributed by atoms with Gasteiger partial charge in [-0.1, -0.05) is 42.5 Å². The van der Waals surface area contributed by atoms with Crippen molar-refractivity contribution < 1.29 is 26.3 Å². The van der Waals surface area contributed by atoms with Gasteiger partial charge in [-0.2, -0.15) is 0 Å². The summed E-state index contributed by atoms with van der Waals surface area (Å²) < 4.78 is 2.84. The van der Waals surface area contributed by atoms with Crippen LogP contribution >= 0.6 is 0 Å². The summed E-state index contributed by atoms with van der Waals surface area (Å²) in [4.78, 5) is 0. The molecule has 0 saturated carbocycles. The van der Waals surface area contributed by atoms with Gasteiger partial charge in [-0.05, 0) is 35.0 Å². The van der Waals surface area contributed by atoms with Crippen molar-refractivity contribution in [1.82, 2.24) is 0 Å². The van der Waals surface area contributed by atoms with Crippen LogP contribution in [0.5, 0.6) is 0 Å². The molecule has 3 aromatic carbocycles. The lowest BCUT2D eigenvalue weighted by Gasteiger charge is -2.05. The number of fused-ring (bicyclic) bond motifs is 1. The van der Waals surface area contributed by atoms with Gasteiger partial charge in [0.05, 0.1) is 0 Å². The molecule has 3 aromatic rings. The second-order valence-corrected chi connectivity index (χ2v) is 7.56. The highest BCUT2D eigenvalue weighted by molar-refractivity contribution is 5.85. The lowest BCUT2D eigenvalue weighted by atomic mass is 10.0. The molecule has 20 heavy (non-hydrogen) atoms. The van der Waals surface area contributed by atoms with Gasteiger partial charge in [0, 0.05) is 18.6 Å². The maximum Gasteiger partial charge on any atom is 0.358 e. The minimum absolute atomic E-state index is 0.191. The van der Waals surface area contributed by atoms with Crippen LogP contribution in [0.15, 0.2) is 66.7 Å². The molecular weight excluding hydrogens is 359 g/mol. The Morgan fingerprint density at radius 1 is 0.800 bits per heavy atom. The van der Waals surface area contributed by atoms with Gasteiger partial charge in [-0.25, -0.2) is 0 Å². The molecule has 0 spiro atoms. The van der Waals surface area contributed by atoms with E-state index >= 15 is 0 Å². The van der Waals surface area contributed by atoms with E-state index in [-0.39, 0.29) is 27.8 Å². The Bertz CT molecular complexity index is 707. The van der Waals surface area contributed by atoms with Crippen molar-refractivity contribution in [2.45, 2.75) is 6.42 Å². The zero-order valence-corrected chi connectivity index (χ0v) is 13.2. The number of hydrogen-bond donors (Lipinski definition) is 1. The first kappa shape index (κ1) is 13.6. The Morgan fingerprint density at radius 2 is 1.55 bits per heavy atom. The molecule has 1 nitrogen and oxygen atoms in total. The number of aliphatic hydroxyl groups excluding tert-OH is 1. The normalized spacial score (nSPS) is 10.8. The van der Waals surface area contributed by atoms with Gasteiger partial charge in [0.2, 0.25) is 0 Å². The van der Waals surface area contributed by atoms with Gasteiger partial charge in [0.15, 0.2) is 7.14 Å². The number of rotatable bonds is 4. The second kappa shape index (κ2) is 6.37. The summed E-state index contributed by atoms with van der Waals surface area (Å²) in [5.41, 5.74) is 1.32. The maximum absolute atomic E-state index is 9.38. The third kappa shape index (κ3) is 2.86. The van der Waals surface area contributed by atoms with Crippen molar-refractivity contribution in [2.24, 2.45) is 0 Å². The largest absolute Gasteiger partial charge is 0.396 e. The number of hydrogen-bond acceptors (Lipinski definition) is 1. The highest BCUT2D eigenvalue weighted by Gasteiger charge is 2.21. The molecular formula is C18H16IO+. The SMILES string of the molecule is OCCc1c([I+]c2ccccc2)ccc2ccccc12. The average molecular weight is 375 g/mol. The van der Waals surface area contributed by atoms with Gasteiger partial charge in [-0.15, -0.1) is 0 Å². The van der Waals surface area contributed by atoms with Crippen LogP contribution in [-0.2, 0) is 6.42 Å². The van der Waals surface area contributed by atoms with Crippen molar-refractivity contribution in [1.29, 1.82) is 0 Å². The van der Waals surface area contributed by atoms with Crippen molar-refractivity contribution in [3.8, 4) is 0 Å². The summed E-state index contributed by atoms with van der Waals surface area (Å²) in [5, 5.41) is 11.9. The first-order valence-electron chi connectivity index (χ1n) is 6.70. The predicted octanol–water partition coefficient (Wildman–Crippen LogP) is 0.503. The summed E-state index contributed by atoms with van der Waals surface area (Å²) in [5.74, 6) is 0. The summed E-state index contributed by atoms with van der Waals surface area (Å²) in [6.45, 7) is 0.208. The fourth-order valence-corrected chi connectivity index (χ4v) is 5.05. The summed E-state index contributed by atoms with van der Waals surface area (Å²) in [6.07, 6.45) is 0.739. The molecule has 0 radical (unpaired) electrons. The molecule has 0 aliphatic rings. The number of benzene rings is 3. The molecule has 100 valence electrons. The Kier molecular flexibility index (Phi) is 4.33. The van der Waals surface area contributed by atoms with E-state index in [1.165, 1.54) is 23.5 Å². The van der Waals surface area contributed by atoms with E-state index in [1.807, 2.05) is 0 Å². The first-order valence-corrected chi connectivity index (χ1v) is 8.85. The van der Waals surface area contributed by atoms with Crippen LogP contribution in [-0.4, -0.2) is 11.7 Å². The van der Waals surface area contributed by atoms with Gasteiger partial charge >= 0.3 is 21.2 Å². The molecule has 1 N–H and O–H groups in total. The van der Waals surface area contributed by atoms with Crippen LogP contribution in [0.3, 0.4) is 0 Å². The first-order chi connectivity index (χ1) is 9.88. The smallest absolute Gasteiger partial charge is 0.358 e. The third-order valence-electron chi connectivity index (χ3n) is 3.29. The van der Waals surface area contributed by atoms with Gasteiger partial charge in [0.25, 0.3) is 0 Å². The molecule has 0 aromatic heterocycles. The van der Waals surface area contributed by atoms with E-state index in [0.29, 0.717) is 0 Å². The number of halogens is 1. The maximum atomic E-state index is 9.38. The molecule has 0 bridgehead atoms. The summed E-state index contributed by atoms with van der Waals surface area (Å²) in [6, 6.07) is 23.5. The van der Waals surface area contributed by atoms with Crippen LogP contribution in [0, 0.1) is 7.14 Å². The molecule has 0 aliphatic heterocycles. The van der Waals surface area contributed by atoms with Crippen molar-refractivity contribution in [2.75, 3.05) is 6.61 Å². The molecule has 0 amide bonds. The minimum Gasteiger partial charge on any atom is -0.396 e. The van der Waals surface area contributed by atoms with Crippen LogP contribution in [0.2, 0.25) is 0 Å². The average Bonchev–Trinajstić information content (AvgIpc) is 2.51. The molecule has 0 unspecified atom stereocenters. The van der Waals surface area contributed by atoms with Crippen LogP contribution in [0.4, 0.5) is 0 Å². The highest BCUT2D eigenvalue weighted by Crippen LogP contribution is 2.18. The van der Waals surface area contributed by atoms with E-state index in [1.54, 1.807) is 0 Å². The van der Waals surface area contributed by atoms with E-state index in [0.717, 1.165) is 6.42 Å². The third-order valence-corrected chi connectivity index (χ3v) is 6.22.